The number of nitrogens with one attached hydrogen (secondary N) is 2. The highest BCUT2D eigenvalue weighted by molar-refractivity contribution is 5.80. The van der Waals surface area contributed by atoms with Crippen LogP contribution < -0.4 is 10.6 Å². The first-order valence-electron chi connectivity index (χ1n) is 12.0. The molecule has 0 saturated carbocycles. The second-order valence-electron chi connectivity index (χ2n) is 10.0. The Balaban J connectivity index is 1.87. The average molecular weight is 449 g/mol. The molecule has 0 spiro atoms. The summed E-state index contributed by atoms with van der Waals surface area (Å²) in [5.74, 6) is 1.31. The predicted octanol–water partition coefficient (Wildman–Crippen LogP) is 3.56. The van der Waals surface area contributed by atoms with Gasteiger partial charge in [-0.3, -0.25) is 9.67 Å². The molecule has 2 N–H and O–H groups in total. The minimum Gasteiger partial charge on any atom is -0.444 e. The number of piperidine rings is 1. The van der Waals surface area contributed by atoms with Gasteiger partial charge in [0.05, 0.1) is 5.69 Å². The van der Waals surface area contributed by atoms with Gasteiger partial charge in [0.25, 0.3) is 0 Å². The summed E-state index contributed by atoms with van der Waals surface area (Å²) in [5, 5.41) is 11.4. The first-order chi connectivity index (χ1) is 15.0. The number of aliphatic imine (C=N–C) groups is 1. The summed E-state index contributed by atoms with van der Waals surface area (Å²) in [5.41, 5.74) is 3.15. The molecule has 0 radical (unpaired) electrons. The van der Waals surface area contributed by atoms with E-state index in [0.29, 0.717) is 5.92 Å². The van der Waals surface area contributed by atoms with Crippen molar-refractivity contribution in [3.8, 4) is 0 Å². The standard InChI is InChI=1S/C24H44N6O2/c1-9-25-22(27-17(2)15-21-18(3)28-29(8)19(21)4)26-13-12-20-11-10-14-30(16-20)23(31)32-24(5,6)7/h17,20H,9-16H2,1-8H3,(H2,25,26,27). The van der Waals surface area contributed by atoms with Crippen LogP contribution >= 0.6 is 0 Å². The molecule has 0 bridgehead atoms. The largest absolute Gasteiger partial charge is 0.444 e. The number of amides is 1. The van der Waals surface area contributed by atoms with E-state index in [1.54, 1.807) is 0 Å². The summed E-state index contributed by atoms with van der Waals surface area (Å²) in [7, 11) is 1.99. The number of likely N-dealkylation sites (tertiary alicyclic amines) is 1. The Labute approximate surface area is 194 Å². The summed E-state index contributed by atoms with van der Waals surface area (Å²) in [6.07, 6.45) is 3.83. The van der Waals surface area contributed by atoms with Crippen LogP contribution in [0, 0.1) is 19.8 Å². The number of carbonyl (C=O) groups excluding carboxylic acids is 1. The average Bonchev–Trinajstić information content (AvgIpc) is 2.93. The van der Waals surface area contributed by atoms with Crippen molar-refractivity contribution in [2.45, 2.75) is 85.8 Å². The number of guanidine groups is 1. The van der Waals surface area contributed by atoms with Gasteiger partial charge in [-0.1, -0.05) is 0 Å². The molecule has 8 heteroatoms. The number of nitrogens with zero attached hydrogens (tertiary/aromatic N) is 4. The third-order valence-electron chi connectivity index (χ3n) is 5.87. The van der Waals surface area contributed by atoms with E-state index in [1.165, 1.54) is 11.3 Å². The molecule has 1 saturated heterocycles. The zero-order chi connectivity index (χ0) is 23.9. The molecule has 0 aromatic carbocycles. The Bertz CT molecular complexity index is 780. The van der Waals surface area contributed by atoms with Gasteiger partial charge in [-0.25, -0.2) is 4.79 Å². The van der Waals surface area contributed by atoms with Crippen molar-refractivity contribution < 1.29 is 9.53 Å². The molecule has 1 aromatic rings. The molecule has 2 rings (SSSR count). The Hall–Kier alpha value is -2.25. The van der Waals surface area contributed by atoms with Gasteiger partial charge in [0.15, 0.2) is 5.96 Å². The first-order valence-corrected chi connectivity index (χ1v) is 12.0. The Morgan fingerprint density at radius 3 is 2.66 bits per heavy atom. The third kappa shape index (κ3) is 8.02. The fraction of sp³-hybridized carbons (Fsp3) is 0.792. The molecule has 1 aromatic heterocycles. The summed E-state index contributed by atoms with van der Waals surface area (Å²) >= 11 is 0. The Morgan fingerprint density at radius 2 is 2.06 bits per heavy atom. The molecular weight excluding hydrogens is 404 g/mol. The fourth-order valence-corrected chi connectivity index (χ4v) is 4.18. The van der Waals surface area contributed by atoms with E-state index in [9.17, 15) is 4.79 Å². The Kier molecular flexibility index (Phi) is 9.40. The number of rotatable bonds is 7. The summed E-state index contributed by atoms with van der Waals surface area (Å²) in [4.78, 5) is 19.1. The van der Waals surface area contributed by atoms with E-state index in [4.69, 9.17) is 9.73 Å². The van der Waals surface area contributed by atoms with Crippen molar-refractivity contribution in [3.05, 3.63) is 17.0 Å². The zero-order valence-corrected chi connectivity index (χ0v) is 21.4. The molecule has 2 atom stereocenters. The van der Waals surface area contributed by atoms with Gasteiger partial charge in [0.1, 0.15) is 5.60 Å². The van der Waals surface area contributed by atoms with Crippen molar-refractivity contribution in [1.82, 2.24) is 25.3 Å². The maximum Gasteiger partial charge on any atom is 0.410 e. The van der Waals surface area contributed by atoms with E-state index in [-0.39, 0.29) is 12.1 Å². The SMILES string of the molecule is CCNC(=NCCC1CCCN(C(=O)OC(C)(C)C)C1)NC(C)Cc1c(C)nn(C)c1C. The molecule has 0 aliphatic carbocycles. The Morgan fingerprint density at radius 1 is 1.34 bits per heavy atom. The van der Waals surface area contributed by atoms with Crippen LogP contribution in [0.15, 0.2) is 4.99 Å². The lowest BCUT2D eigenvalue weighted by Gasteiger charge is -2.34. The highest BCUT2D eigenvalue weighted by atomic mass is 16.6. The van der Waals surface area contributed by atoms with Crippen molar-refractivity contribution in [3.63, 3.8) is 0 Å². The lowest BCUT2D eigenvalue weighted by molar-refractivity contribution is 0.0163. The molecular formula is C24H44N6O2. The van der Waals surface area contributed by atoms with Crippen LogP contribution in [0.2, 0.25) is 0 Å². The third-order valence-corrected chi connectivity index (χ3v) is 5.87. The van der Waals surface area contributed by atoms with Crippen molar-refractivity contribution in [2.24, 2.45) is 18.0 Å². The predicted molar refractivity (Wildman–Crippen MR) is 130 cm³/mol. The lowest BCUT2D eigenvalue weighted by Crippen LogP contribution is -2.44. The number of carbonyl (C=O) groups is 1. The second-order valence-corrected chi connectivity index (χ2v) is 10.0. The summed E-state index contributed by atoms with van der Waals surface area (Å²) < 4.78 is 7.49. The number of hydrogen-bond donors (Lipinski definition) is 2. The highest BCUT2D eigenvalue weighted by Gasteiger charge is 2.27. The van der Waals surface area contributed by atoms with Crippen LogP contribution in [0.3, 0.4) is 0 Å². The van der Waals surface area contributed by atoms with Crippen LogP contribution in [0.1, 0.15) is 70.8 Å². The monoisotopic (exact) mass is 448 g/mol. The molecule has 1 amide bonds. The topological polar surface area (TPSA) is 83.8 Å². The van der Waals surface area contributed by atoms with Crippen molar-refractivity contribution in [2.75, 3.05) is 26.2 Å². The van der Waals surface area contributed by atoms with Crippen molar-refractivity contribution >= 4 is 12.1 Å². The molecule has 1 aliphatic rings. The lowest BCUT2D eigenvalue weighted by atomic mass is 9.95. The first kappa shape index (κ1) is 26.0. The quantitative estimate of drug-likeness (QED) is 0.492. The van der Waals surface area contributed by atoms with E-state index in [2.05, 4.69) is 43.4 Å². The van der Waals surface area contributed by atoms with Gasteiger partial charge in [0.2, 0.25) is 0 Å². The van der Waals surface area contributed by atoms with Gasteiger partial charge in [0, 0.05) is 45.0 Å². The second kappa shape index (κ2) is 11.6. The van der Waals surface area contributed by atoms with Crippen LogP contribution in [0.5, 0.6) is 0 Å². The van der Waals surface area contributed by atoms with E-state index in [1.807, 2.05) is 37.4 Å². The minimum absolute atomic E-state index is 0.199. The van der Waals surface area contributed by atoms with Crippen LogP contribution in [-0.2, 0) is 18.2 Å². The highest BCUT2D eigenvalue weighted by Crippen LogP contribution is 2.22. The van der Waals surface area contributed by atoms with Gasteiger partial charge in [-0.2, -0.15) is 5.10 Å². The van der Waals surface area contributed by atoms with Crippen LogP contribution in [0.4, 0.5) is 4.79 Å². The number of ether oxygens (including phenoxy) is 1. The number of hydrogen-bond acceptors (Lipinski definition) is 4. The molecule has 182 valence electrons. The van der Waals surface area contributed by atoms with Crippen molar-refractivity contribution in [1.29, 1.82) is 0 Å². The van der Waals surface area contributed by atoms with Gasteiger partial charge >= 0.3 is 6.09 Å². The van der Waals surface area contributed by atoms with Crippen LogP contribution in [0.25, 0.3) is 0 Å². The maximum absolute atomic E-state index is 12.4. The number of aryl methyl sites for hydroxylation is 2. The number of aromatic nitrogens is 2. The normalized spacial score (nSPS) is 18.4. The fourth-order valence-electron chi connectivity index (χ4n) is 4.18. The van der Waals surface area contributed by atoms with Gasteiger partial charge in [-0.05, 0) is 85.6 Å². The molecule has 8 nitrogen and oxygen atoms in total. The summed E-state index contributed by atoms with van der Waals surface area (Å²) in [6, 6.07) is 0.242. The smallest absolute Gasteiger partial charge is 0.410 e. The van der Waals surface area contributed by atoms with E-state index < -0.39 is 5.60 Å². The molecule has 1 aliphatic heterocycles. The summed E-state index contributed by atoms with van der Waals surface area (Å²) in [6.45, 7) is 17.3. The van der Waals surface area contributed by atoms with E-state index in [0.717, 1.165) is 63.5 Å². The molecule has 2 unspecified atom stereocenters. The van der Waals surface area contributed by atoms with E-state index >= 15 is 0 Å². The minimum atomic E-state index is -0.454. The maximum atomic E-state index is 12.4. The molecule has 1 fully saturated rings. The zero-order valence-electron chi connectivity index (χ0n) is 21.4. The van der Waals surface area contributed by atoms with Gasteiger partial charge in [-0.15, -0.1) is 0 Å². The van der Waals surface area contributed by atoms with Crippen LogP contribution in [-0.4, -0.2) is 64.6 Å². The molecule has 32 heavy (non-hydrogen) atoms. The molecule has 2 heterocycles. The van der Waals surface area contributed by atoms with Gasteiger partial charge < -0.3 is 20.3 Å².